The van der Waals surface area contributed by atoms with Crippen LogP contribution in [0.1, 0.15) is 34.2 Å². The van der Waals surface area contributed by atoms with Crippen molar-refractivity contribution in [1.82, 2.24) is 19.7 Å². The number of aryl methyl sites for hydroxylation is 2. The SMILES string of the molecule is CCn1ncc(CN(C)C(=O)c2cc(C)nc3ccc(Cl)cc23)c1C. The van der Waals surface area contributed by atoms with E-state index in [0.717, 1.165) is 34.4 Å². The Hall–Kier alpha value is -2.40. The highest BCUT2D eigenvalue weighted by Crippen LogP contribution is 2.24. The molecule has 0 saturated carbocycles. The number of halogens is 1. The van der Waals surface area contributed by atoms with Gasteiger partial charge in [-0.05, 0) is 45.0 Å². The molecule has 130 valence electrons. The van der Waals surface area contributed by atoms with Gasteiger partial charge in [0.05, 0.1) is 17.3 Å². The first-order valence-electron chi connectivity index (χ1n) is 8.24. The number of carbonyl (C=O) groups is 1. The molecule has 1 aromatic carbocycles. The van der Waals surface area contributed by atoms with Gasteiger partial charge in [0.25, 0.3) is 5.91 Å². The van der Waals surface area contributed by atoms with E-state index in [-0.39, 0.29) is 5.91 Å². The van der Waals surface area contributed by atoms with Crippen molar-refractivity contribution in [2.24, 2.45) is 0 Å². The number of fused-ring (bicyclic) bond motifs is 1. The topological polar surface area (TPSA) is 51.0 Å². The van der Waals surface area contributed by atoms with Gasteiger partial charge in [-0.2, -0.15) is 5.10 Å². The number of amides is 1. The summed E-state index contributed by atoms with van der Waals surface area (Å²) >= 11 is 6.12. The average Bonchev–Trinajstić information content (AvgIpc) is 2.93. The summed E-state index contributed by atoms with van der Waals surface area (Å²) in [6, 6.07) is 7.25. The van der Waals surface area contributed by atoms with Gasteiger partial charge in [-0.1, -0.05) is 11.6 Å². The minimum absolute atomic E-state index is 0.0542. The molecule has 25 heavy (non-hydrogen) atoms. The van der Waals surface area contributed by atoms with Crippen LogP contribution in [0.5, 0.6) is 0 Å². The fraction of sp³-hybridized carbons (Fsp3) is 0.316. The molecule has 1 amide bonds. The second kappa shape index (κ2) is 6.84. The third kappa shape index (κ3) is 3.37. The van der Waals surface area contributed by atoms with Crippen LogP contribution < -0.4 is 0 Å². The molecule has 2 heterocycles. The molecule has 0 spiro atoms. The number of aromatic nitrogens is 3. The molecule has 0 unspecified atom stereocenters. The Morgan fingerprint density at radius 3 is 2.72 bits per heavy atom. The first-order valence-corrected chi connectivity index (χ1v) is 8.62. The van der Waals surface area contributed by atoms with Gasteiger partial charge in [0.15, 0.2) is 0 Å². The van der Waals surface area contributed by atoms with Crippen molar-refractivity contribution in [2.75, 3.05) is 7.05 Å². The highest BCUT2D eigenvalue weighted by Gasteiger charge is 2.18. The lowest BCUT2D eigenvalue weighted by molar-refractivity contribution is 0.0786. The van der Waals surface area contributed by atoms with Gasteiger partial charge < -0.3 is 4.90 Å². The molecule has 2 aromatic heterocycles. The Kier molecular flexibility index (Phi) is 4.77. The second-order valence-corrected chi connectivity index (χ2v) is 6.64. The van der Waals surface area contributed by atoms with Crippen molar-refractivity contribution in [3.05, 3.63) is 58.0 Å². The van der Waals surface area contributed by atoms with E-state index >= 15 is 0 Å². The van der Waals surface area contributed by atoms with Crippen LogP contribution in [0.15, 0.2) is 30.5 Å². The Bertz CT molecular complexity index is 948. The molecular formula is C19H21ClN4O. The molecule has 0 aliphatic heterocycles. The zero-order valence-corrected chi connectivity index (χ0v) is 15.6. The highest BCUT2D eigenvalue weighted by molar-refractivity contribution is 6.31. The van der Waals surface area contributed by atoms with E-state index in [1.165, 1.54) is 0 Å². The van der Waals surface area contributed by atoms with Gasteiger partial charge in [-0.25, -0.2) is 0 Å². The summed E-state index contributed by atoms with van der Waals surface area (Å²) in [6.45, 7) is 7.29. The Labute approximate surface area is 152 Å². The smallest absolute Gasteiger partial charge is 0.254 e. The van der Waals surface area contributed by atoms with Crippen LogP contribution in [0.4, 0.5) is 0 Å². The molecule has 3 aromatic rings. The maximum atomic E-state index is 13.0. The summed E-state index contributed by atoms with van der Waals surface area (Å²) in [5, 5.41) is 5.71. The minimum Gasteiger partial charge on any atom is -0.337 e. The first kappa shape index (κ1) is 17.4. The first-order chi connectivity index (χ1) is 11.9. The van der Waals surface area contributed by atoms with Crippen molar-refractivity contribution in [1.29, 1.82) is 0 Å². The van der Waals surface area contributed by atoms with Crippen LogP contribution in [0.3, 0.4) is 0 Å². The molecule has 0 fully saturated rings. The van der Waals surface area contributed by atoms with Gasteiger partial charge in [-0.3, -0.25) is 14.5 Å². The van der Waals surface area contributed by atoms with Crippen LogP contribution in [0.25, 0.3) is 10.9 Å². The second-order valence-electron chi connectivity index (χ2n) is 6.20. The molecule has 5 nitrogen and oxygen atoms in total. The maximum absolute atomic E-state index is 13.0. The van der Waals surface area contributed by atoms with Crippen molar-refractivity contribution in [3.8, 4) is 0 Å². The number of pyridine rings is 1. The van der Waals surface area contributed by atoms with Gasteiger partial charge in [0.2, 0.25) is 0 Å². The number of hydrogen-bond donors (Lipinski definition) is 0. The Morgan fingerprint density at radius 2 is 2.04 bits per heavy atom. The van der Waals surface area contributed by atoms with Crippen LogP contribution in [0.2, 0.25) is 5.02 Å². The molecule has 6 heteroatoms. The van der Waals surface area contributed by atoms with E-state index in [1.54, 1.807) is 24.1 Å². The van der Waals surface area contributed by atoms with Crippen LogP contribution >= 0.6 is 11.6 Å². The lowest BCUT2D eigenvalue weighted by atomic mass is 10.1. The van der Waals surface area contributed by atoms with Crippen LogP contribution in [0, 0.1) is 13.8 Å². The third-order valence-corrected chi connectivity index (χ3v) is 4.62. The fourth-order valence-electron chi connectivity index (χ4n) is 3.00. The third-order valence-electron chi connectivity index (χ3n) is 4.39. The van der Waals surface area contributed by atoms with Crippen molar-refractivity contribution < 1.29 is 4.79 Å². The largest absolute Gasteiger partial charge is 0.337 e. The summed E-state index contributed by atoms with van der Waals surface area (Å²) in [5.74, 6) is -0.0542. The summed E-state index contributed by atoms with van der Waals surface area (Å²) in [4.78, 5) is 19.2. The molecule has 0 aliphatic rings. The Morgan fingerprint density at radius 1 is 1.28 bits per heavy atom. The lowest BCUT2D eigenvalue weighted by Gasteiger charge is -2.18. The molecule has 0 N–H and O–H groups in total. The van der Waals surface area contributed by atoms with Gasteiger partial charge in [0, 0.05) is 47.5 Å². The van der Waals surface area contributed by atoms with Gasteiger partial charge >= 0.3 is 0 Å². The maximum Gasteiger partial charge on any atom is 0.254 e. The fourth-order valence-corrected chi connectivity index (χ4v) is 3.17. The number of rotatable bonds is 4. The molecule has 3 rings (SSSR count). The summed E-state index contributed by atoms with van der Waals surface area (Å²) in [5.41, 5.74) is 4.33. The zero-order chi connectivity index (χ0) is 18.1. The van der Waals surface area contributed by atoms with Crippen molar-refractivity contribution in [3.63, 3.8) is 0 Å². The number of benzene rings is 1. The van der Waals surface area contributed by atoms with Crippen molar-refractivity contribution >= 4 is 28.4 Å². The molecule has 0 aliphatic carbocycles. The van der Waals surface area contributed by atoms with Crippen LogP contribution in [-0.4, -0.2) is 32.6 Å². The number of hydrogen-bond acceptors (Lipinski definition) is 3. The standard InChI is InChI=1S/C19H21ClN4O/c1-5-24-13(3)14(10-21-24)11-23(4)19(25)17-8-12(2)22-18-7-6-15(20)9-16(17)18/h6-10H,5,11H2,1-4H3. The highest BCUT2D eigenvalue weighted by atomic mass is 35.5. The lowest BCUT2D eigenvalue weighted by Crippen LogP contribution is -2.26. The van der Waals surface area contributed by atoms with E-state index in [1.807, 2.05) is 43.8 Å². The molecule has 0 radical (unpaired) electrons. The normalized spacial score (nSPS) is 11.1. The molecule has 0 atom stereocenters. The predicted molar refractivity (Wildman–Crippen MR) is 99.9 cm³/mol. The van der Waals surface area contributed by atoms with E-state index in [4.69, 9.17) is 11.6 Å². The Balaban J connectivity index is 1.95. The summed E-state index contributed by atoms with van der Waals surface area (Å²) in [7, 11) is 1.80. The quantitative estimate of drug-likeness (QED) is 0.710. The predicted octanol–water partition coefficient (Wildman–Crippen LogP) is 3.99. The number of nitrogens with zero attached hydrogens (tertiary/aromatic N) is 4. The molecular weight excluding hydrogens is 336 g/mol. The van der Waals surface area contributed by atoms with Gasteiger partial charge in [-0.15, -0.1) is 0 Å². The average molecular weight is 357 g/mol. The zero-order valence-electron chi connectivity index (χ0n) is 14.9. The summed E-state index contributed by atoms with van der Waals surface area (Å²) < 4.78 is 1.93. The van der Waals surface area contributed by atoms with E-state index in [9.17, 15) is 4.79 Å². The van der Waals surface area contributed by atoms with E-state index in [0.29, 0.717) is 17.1 Å². The van der Waals surface area contributed by atoms with Crippen molar-refractivity contribution in [2.45, 2.75) is 33.9 Å². The molecule has 0 saturated heterocycles. The van der Waals surface area contributed by atoms with Crippen LogP contribution in [-0.2, 0) is 13.1 Å². The van der Waals surface area contributed by atoms with E-state index < -0.39 is 0 Å². The number of carbonyl (C=O) groups excluding carboxylic acids is 1. The molecule has 0 bridgehead atoms. The summed E-state index contributed by atoms with van der Waals surface area (Å²) in [6.07, 6.45) is 1.83. The minimum atomic E-state index is -0.0542. The monoisotopic (exact) mass is 356 g/mol. The van der Waals surface area contributed by atoms with E-state index in [2.05, 4.69) is 10.1 Å². The van der Waals surface area contributed by atoms with Gasteiger partial charge in [0.1, 0.15) is 0 Å².